The number of likely N-dealkylation sites (N-methyl/N-ethyl adjacent to an activating group) is 1. The first-order valence-corrected chi connectivity index (χ1v) is 9.00. The van der Waals surface area contributed by atoms with Gasteiger partial charge in [-0.1, -0.05) is 0 Å². The standard InChI is InChI=1S/C20H24N2O7/c1-5-22(6-2)18(23)12-29-20(25)13-10-16(26-3)17(27-4)11-14(13)21-19(24)15-8-7-9-28-15/h7-11H,5-6,12H2,1-4H3,(H,21,24). The van der Waals surface area contributed by atoms with E-state index in [0.717, 1.165) is 0 Å². The van der Waals surface area contributed by atoms with Gasteiger partial charge in [-0.3, -0.25) is 9.59 Å². The number of methoxy groups -OCH3 is 2. The Kier molecular flexibility index (Phi) is 7.64. The van der Waals surface area contributed by atoms with Gasteiger partial charge in [-0.05, 0) is 26.0 Å². The monoisotopic (exact) mass is 404 g/mol. The maximum Gasteiger partial charge on any atom is 0.340 e. The number of rotatable bonds is 9. The Hall–Kier alpha value is -3.49. The second-order valence-corrected chi connectivity index (χ2v) is 5.83. The molecule has 0 aliphatic heterocycles. The van der Waals surface area contributed by atoms with Gasteiger partial charge in [0, 0.05) is 25.2 Å². The molecule has 9 nitrogen and oxygen atoms in total. The van der Waals surface area contributed by atoms with Gasteiger partial charge in [0.1, 0.15) is 0 Å². The number of hydrogen-bond acceptors (Lipinski definition) is 7. The molecule has 0 saturated carbocycles. The highest BCUT2D eigenvalue weighted by atomic mass is 16.5. The summed E-state index contributed by atoms with van der Waals surface area (Å²) in [5.74, 6) is -1.03. The zero-order valence-electron chi connectivity index (χ0n) is 16.8. The summed E-state index contributed by atoms with van der Waals surface area (Å²) in [6.45, 7) is 4.27. The molecule has 0 aliphatic carbocycles. The predicted octanol–water partition coefficient (Wildman–Crippen LogP) is 2.57. The number of nitrogens with one attached hydrogen (secondary N) is 1. The van der Waals surface area contributed by atoms with Crippen molar-refractivity contribution in [2.45, 2.75) is 13.8 Å². The zero-order chi connectivity index (χ0) is 21.4. The molecule has 0 atom stereocenters. The molecule has 9 heteroatoms. The Balaban J connectivity index is 2.28. The number of ether oxygens (including phenoxy) is 3. The highest BCUT2D eigenvalue weighted by Crippen LogP contribution is 2.34. The van der Waals surface area contributed by atoms with E-state index in [1.54, 1.807) is 11.0 Å². The number of carbonyl (C=O) groups excluding carboxylic acids is 3. The quantitative estimate of drug-likeness (QED) is 0.640. The Labute approximate surface area is 168 Å². The lowest BCUT2D eigenvalue weighted by atomic mass is 10.1. The summed E-state index contributed by atoms with van der Waals surface area (Å²) < 4.78 is 20.7. The van der Waals surface area contributed by atoms with E-state index < -0.39 is 18.5 Å². The summed E-state index contributed by atoms with van der Waals surface area (Å²) >= 11 is 0. The minimum absolute atomic E-state index is 0.00917. The van der Waals surface area contributed by atoms with E-state index >= 15 is 0 Å². The molecule has 0 radical (unpaired) electrons. The molecule has 1 aromatic heterocycles. The number of amides is 2. The van der Waals surface area contributed by atoms with Crippen LogP contribution in [0.15, 0.2) is 34.9 Å². The molecule has 0 bridgehead atoms. The summed E-state index contributed by atoms with van der Waals surface area (Å²) in [6, 6.07) is 5.86. The van der Waals surface area contributed by atoms with Crippen molar-refractivity contribution in [3.8, 4) is 11.5 Å². The highest BCUT2D eigenvalue weighted by Gasteiger charge is 2.22. The van der Waals surface area contributed by atoms with Crippen LogP contribution in [-0.4, -0.2) is 56.6 Å². The van der Waals surface area contributed by atoms with Crippen molar-refractivity contribution in [3.63, 3.8) is 0 Å². The maximum absolute atomic E-state index is 12.6. The Morgan fingerprint density at radius 2 is 1.72 bits per heavy atom. The Morgan fingerprint density at radius 3 is 2.28 bits per heavy atom. The van der Waals surface area contributed by atoms with Crippen molar-refractivity contribution in [1.29, 1.82) is 0 Å². The molecule has 156 valence electrons. The lowest BCUT2D eigenvalue weighted by Crippen LogP contribution is -2.34. The van der Waals surface area contributed by atoms with Crippen molar-refractivity contribution in [2.24, 2.45) is 0 Å². The Morgan fingerprint density at radius 1 is 1.07 bits per heavy atom. The molecule has 2 rings (SSSR count). The van der Waals surface area contributed by atoms with Gasteiger partial charge in [0.25, 0.3) is 11.8 Å². The van der Waals surface area contributed by atoms with Crippen LogP contribution in [0.1, 0.15) is 34.8 Å². The second-order valence-electron chi connectivity index (χ2n) is 5.83. The van der Waals surface area contributed by atoms with Gasteiger partial charge < -0.3 is 28.8 Å². The van der Waals surface area contributed by atoms with Crippen LogP contribution < -0.4 is 14.8 Å². The van der Waals surface area contributed by atoms with Crippen LogP contribution in [0.3, 0.4) is 0 Å². The average Bonchev–Trinajstić information content (AvgIpc) is 3.27. The molecular weight excluding hydrogens is 380 g/mol. The lowest BCUT2D eigenvalue weighted by molar-refractivity contribution is -0.134. The van der Waals surface area contributed by atoms with Gasteiger partial charge in [0.05, 0.1) is 31.7 Å². The molecule has 0 spiro atoms. The van der Waals surface area contributed by atoms with Gasteiger partial charge in [0.2, 0.25) is 0 Å². The summed E-state index contributed by atoms with van der Waals surface area (Å²) in [5, 5.41) is 2.59. The topological polar surface area (TPSA) is 107 Å². The minimum Gasteiger partial charge on any atom is -0.493 e. The van der Waals surface area contributed by atoms with E-state index in [0.29, 0.717) is 18.8 Å². The third-order valence-electron chi connectivity index (χ3n) is 4.18. The van der Waals surface area contributed by atoms with Crippen molar-refractivity contribution in [3.05, 3.63) is 41.9 Å². The van der Waals surface area contributed by atoms with Gasteiger partial charge in [-0.2, -0.15) is 0 Å². The van der Waals surface area contributed by atoms with Crippen LogP contribution in [0.2, 0.25) is 0 Å². The molecule has 1 N–H and O–H groups in total. The van der Waals surface area contributed by atoms with E-state index in [1.165, 1.54) is 38.7 Å². The number of hydrogen-bond donors (Lipinski definition) is 1. The van der Waals surface area contributed by atoms with E-state index in [9.17, 15) is 14.4 Å². The summed E-state index contributed by atoms with van der Waals surface area (Å²) in [5.41, 5.74) is 0.138. The summed E-state index contributed by atoms with van der Waals surface area (Å²) in [7, 11) is 2.84. The smallest absolute Gasteiger partial charge is 0.340 e. The van der Waals surface area contributed by atoms with Gasteiger partial charge in [-0.15, -0.1) is 0 Å². The van der Waals surface area contributed by atoms with E-state index in [1.807, 2.05) is 13.8 Å². The molecule has 0 aliphatic rings. The normalized spacial score (nSPS) is 10.2. The van der Waals surface area contributed by atoms with E-state index in [2.05, 4.69) is 5.32 Å². The zero-order valence-corrected chi connectivity index (χ0v) is 16.8. The molecule has 2 aromatic rings. The number of furan rings is 1. The molecule has 1 heterocycles. The maximum atomic E-state index is 12.6. The van der Waals surface area contributed by atoms with E-state index in [-0.39, 0.29) is 28.7 Å². The van der Waals surface area contributed by atoms with Crippen molar-refractivity contribution in [2.75, 3.05) is 39.2 Å². The predicted molar refractivity (Wildman–Crippen MR) is 104 cm³/mol. The van der Waals surface area contributed by atoms with Crippen LogP contribution in [0.4, 0.5) is 5.69 Å². The molecule has 2 amide bonds. The third kappa shape index (κ3) is 5.28. The largest absolute Gasteiger partial charge is 0.493 e. The van der Waals surface area contributed by atoms with Crippen molar-refractivity contribution in [1.82, 2.24) is 4.90 Å². The number of nitrogens with zero attached hydrogens (tertiary/aromatic N) is 1. The molecule has 0 fully saturated rings. The lowest BCUT2D eigenvalue weighted by Gasteiger charge is -2.19. The van der Waals surface area contributed by atoms with E-state index in [4.69, 9.17) is 18.6 Å². The van der Waals surface area contributed by atoms with Gasteiger partial charge >= 0.3 is 5.97 Å². The first-order chi connectivity index (χ1) is 13.9. The number of benzene rings is 1. The fourth-order valence-electron chi connectivity index (χ4n) is 2.62. The minimum atomic E-state index is -0.791. The molecular formula is C20H24N2O7. The highest BCUT2D eigenvalue weighted by molar-refractivity contribution is 6.07. The number of esters is 1. The molecule has 0 unspecified atom stereocenters. The van der Waals surface area contributed by atoms with Gasteiger partial charge in [0.15, 0.2) is 23.9 Å². The van der Waals surface area contributed by atoms with Crippen LogP contribution >= 0.6 is 0 Å². The average molecular weight is 404 g/mol. The van der Waals surface area contributed by atoms with Crippen LogP contribution in [0.25, 0.3) is 0 Å². The fourth-order valence-corrected chi connectivity index (χ4v) is 2.62. The van der Waals surface area contributed by atoms with Crippen LogP contribution in [0, 0.1) is 0 Å². The van der Waals surface area contributed by atoms with Gasteiger partial charge in [-0.25, -0.2) is 4.79 Å². The Bertz CT molecular complexity index is 858. The molecule has 0 saturated heterocycles. The summed E-state index contributed by atoms with van der Waals surface area (Å²) in [4.78, 5) is 38.6. The van der Waals surface area contributed by atoms with Crippen LogP contribution in [-0.2, 0) is 9.53 Å². The molecule has 29 heavy (non-hydrogen) atoms. The molecule has 1 aromatic carbocycles. The number of carbonyl (C=O) groups is 3. The summed E-state index contributed by atoms with van der Waals surface area (Å²) in [6.07, 6.45) is 1.36. The fraction of sp³-hybridized carbons (Fsp3) is 0.350. The second kappa shape index (κ2) is 10.2. The first-order valence-electron chi connectivity index (χ1n) is 9.00. The SMILES string of the molecule is CCN(CC)C(=O)COC(=O)c1cc(OC)c(OC)cc1NC(=O)c1ccco1. The van der Waals surface area contributed by atoms with Crippen molar-refractivity contribution >= 4 is 23.5 Å². The first kappa shape index (κ1) is 21.8. The van der Waals surface area contributed by atoms with Crippen molar-refractivity contribution < 1.29 is 33.0 Å². The van der Waals surface area contributed by atoms with Crippen LogP contribution in [0.5, 0.6) is 11.5 Å². The number of anilines is 1. The third-order valence-corrected chi connectivity index (χ3v) is 4.18.